The van der Waals surface area contributed by atoms with Gasteiger partial charge in [0.2, 0.25) is 0 Å². The summed E-state index contributed by atoms with van der Waals surface area (Å²) < 4.78 is 9.85. The van der Waals surface area contributed by atoms with E-state index in [0.29, 0.717) is 22.7 Å². The predicted molar refractivity (Wildman–Crippen MR) is 132 cm³/mol. The fourth-order valence-corrected chi connectivity index (χ4v) is 4.12. The summed E-state index contributed by atoms with van der Waals surface area (Å²) >= 11 is 1.24. The third-order valence-electron chi connectivity index (χ3n) is 5.19. The summed E-state index contributed by atoms with van der Waals surface area (Å²) in [6, 6.07) is 21.5. The molecule has 1 atom stereocenters. The zero-order chi connectivity index (χ0) is 23.2. The smallest absolute Gasteiger partial charge is 0.412 e. The average molecular weight is 455 g/mol. The number of nitrogens with one attached hydrogen (secondary N) is 1. The highest BCUT2D eigenvalue weighted by molar-refractivity contribution is 7.07. The van der Waals surface area contributed by atoms with Crippen molar-refractivity contribution >= 4 is 40.4 Å². The molecule has 0 aliphatic rings. The van der Waals surface area contributed by atoms with Crippen molar-refractivity contribution in [3.63, 3.8) is 0 Å². The number of hydrogen-bond donors (Lipinski definition) is 1. The molecule has 0 aliphatic carbocycles. The number of nitrogens with zero attached hydrogens (tertiary/aromatic N) is 1. The standard InChI is InChI=1S/C27H22N2O3S/c1-18-26(28-27(31)32-19(2)22-6-4-3-5-7-22)25(33-29-18)13-10-20-8-11-24-17-21(14-15-30)9-12-23(24)16-20/h3-9,11-12,15-17,19H,14H2,1-2H3,(H,28,31)/t19-/m1/s1. The molecule has 1 heterocycles. The number of carbonyl (C=O) groups is 2. The van der Waals surface area contributed by atoms with Gasteiger partial charge < -0.3 is 9.53 Å². The topological polar surface area (TPSA) is 68.3 Å². The summed E-state index contributed by atoms with van der Waals surface area (Å²) in [7, 11) is 0. The first-order valence-electron chi connectivity index (χ1n) is 10.5. The van der Waals surface area contributed by atoms with Crippen LogP contribution in [0, 0.1) is 18.8 Å². The Labute approximate surface area is 196 Å². The first-order chi connectivity index (χ1) is 16.0. The lowest BCUT2D eigenvalue weighted by molar-refractivity contribution is -0.107. The van der Waals surface area contributed by atoms with Crippen LogP contribution in [0.2, 0.25) is 0 Å². The molecule has 0 bridgehead atoms. The van der Waals surface area contributed by atoms with Crippen LogP contribution in [0.5, 0.6) is 0 Å². The Morgan fingerprint density at radius 2 is 1.85 bits per heavy atom. The lowest BCUT2D eigenvalue weighted by atomic mass is 10.0. The molecule has 4 rings (SSSR count). The number of ether oxygens (including phenoxy) is 1. The van der Waals surface area contributed by atoms with Crippen molar-refractivity contribution in [2.45, 2.75) is 26.4 Å². The van der Waals surface area contributed by atoms with Crippen LogP contribution in [-0.4, -0.2) is 16.8 Å². The van der Waals surface area contributed by atoms with Crippen LogP contribution in [0.1, 0.15) is 40.3 Å². The Kier molecular flexibility index (Phi) is 6.82. The normalized spacial score (nSPS) is 11.3. The molecule has 0 aliphatic heterocycles. The Bertz CT molecular complexity index is 1370. The molecule has 5 nitrogen and oxygen atoms in total. The second-order valence-electron chi connectivity index (χ2n) is 7.57. The van der Waals surface area contributed by atoms with Crippen molar-refractivity contribution in [2.75, 3.05) is 5.32 Å². The summed E-state index contributed by atoms with van der Waals surface area (Å²) in [5.74, 6) is 6.29. The number of aryl methyl sites for hydroxylation is 1. The molecule has 1 amide bonds. The molecule has 0 spiro atoms. The van der Waals surface area contributed by atoms with Crippen LogP contribution in [0.25, 0.3) is 10.8 Å². The van der Waals surface area contributed by atoms with Gasteiger partial charge in [0.05, 0.1) is 11.4 Å². The molecule has 3 aromatic carbocycles. The Morgan fingerprint density at radius 3 is 2.64 bits per heavy atom. The third-order valence-corrected chi connectivity index (χ3v) is 6.04. The van der Waals surface area contributed by atoms with E-state index in [4.69, 9.17) is 4.74 Å². The third kappa shape index (κ3) is 5.46. The lowest BCUT2D eigenvalue weighted by Crippen LogP contribution is -2.16. The molecular weight excluding hydrogens is 432 g/mol. The van der Waals surface area contributed by atoms with E-state index < -0.39 is 6.09 Å². The number of rotatable bonds is 5. The van der Waals surface area contributed by atoms with Crippen molar-refractivity contribution in [3.05, 3.63) is 94.0 Å². The zero-order valence-electron chi connectivity index (χ0n) is 18.3. The number of aromatic nitrogens is 1. The highest BCUT2D eigenvalue weighted by Crippen LogP contribution is 2.25. The number of hydrogen-bond acceptors (Lipinski definition) is 5. The minimum atomic E-state index is -0.547. The molecule has 164 valence electrons. The van der Waals surface area contributed by atoms with Crippen molar-refractivity contribution in [2.24, 2.45) is 0 Å². The molecular formula is C27H22N2O3S. The van der Waals surface area contributed by atoms with Gasteiger partial charge in [-0.15, -0.1) is 0 Å². The maximum absolute atomic E-state index is 12.5. The van der Waals surface area contributed by atoms with Gasteiger partial charge in [-0.3, -0.25) is 5.32 Å². The van der Waals surface area contributed by atoms with Crippen LogP contribution < -0.4 is 5.32 Å². The van der Waals surface area contributed by atoms with Crippen LogP contribution >= 0.6 is 11.5 Å². The van der Waals surface area contributed by atoms with Crippen molar-refractivity contribution in [1.29, 1.82) is 0 Å². The average Bonchev–Trinajstić information content (AvgIpc) is 3.17. The van der Waals surface area contributed by atoms with Crippen LogP contribution in [-0.2, 0) is 16.0 Å². The fourth-order valence-electron chi connectivity index (χ4n) is 3.41. The Morgan fingerprint density at radius 1 is 1.09 bits per heavy atom. The van der Waals surface area contributed by atoms with Gasteiger partial charge in [-0.1, -0.05) is 60.5 Å². The van der Waals surface area contributed by atoms with Gasteiger partial charge in [-0.2, -0.15) is 4.37 Å². The molecule has 0 saturated heterocycles. The second-order valence-corrected chi connectivity index (χ2v) is 8.35. The molecule has 33 heavy (non-hydrogen) atoms. The maximum Gasteiger partial charge on any atom is 0.412 e. The van der Waals surface area contributed by atoms with Crippen LogP contribution in [0.15, 0.2) is 66.7 Å². The first-order valence-corrected chi connectivity index (χ1v) is 11.3. The van der Waals surface area contributed by atoms with E-state index in [1.54, 1.807) is 0 Å². The van der Waals surface area contributed by atoms with Gasteiger partial charge in [-0.25, -0.2) is 4.79 Å². The molecule has 4 aromatic rings. The van der Waals surface area contributed by atoms with Gasteiger partial charge in [0.25, 0.3) is 0 Å². The van der Waals surface area contributed by atoms with E-state index in [1.807, 2.05) is 80.6 Å². The summed E-state index contributed by atoms with van der Waals surface area (Å²) in [4.78, 5) is 23.9. The van der Waals surface area contributed by atoms with Crippen molar-refractivity contribution in [1.82, 2.24) is 4.37 Å². The number of anilines is 1. The van der Waals surface area contributed by atoms with E-state index in [0.717, 1.165) is 33.7 Å². The molecule has 6 heteroatoms. The van der Waals surface area contributed by atoms with Gasteiger partial charge >= 0.3 is 6.09 Å². The van der Waals surface area contributed by atoms with E-state index in [1.165, 1.54) is 11.5 Å². The first kappa shape index (κ1) is 22.3. The van der Waals surface area contributed by atoms with E-state index in [2.05, 4.69) is 21.5 Å². The monoisotopic (exact) mass is 454 g/mol. The van der Waals surface area contributed by atoms with E-state index >= 15 is 0 Å². The lowest BCUT2D eigenvalue weighted by Gasteiger charge is -2.14. The quantitative estimate of drug-likeness (QED) is 0.294. The van der Waals surface area contributed by atoms with E-state index in [-0.39, 0.29) is 6.10 Å². The molecule has 0 unspecified atom stereocenters. The number of carbonyl (C=O) groups excluding carboxylic acids is 2. The van der Waals surface area contributed by atoms with Crippen LogP contribution in [0.3, 0.4) is 0 Å². The number of fused-ring (bicyclic) bond motifs is 1. The molecule has 0 radical (unpaired) electrons. The van der Waals surface area contributed by atoms with E-state index in [9.17, 15) is 9.59 Å². The number of aldehydes is 1. The molecule has 0 fully saturated rings. The molecule has 1 N–H and O–H groups in total. The molecule has 1 aromatic heterocycles. The summed E-state index contributed by atoms with van der Waals surface area (Å²) in [6.07, 6.45) is 0.388. The summed E-state index contributed by atoms with van der Waals surface area (Å²) in [5, 5.41) is 4.91. The maximum atomic E-state index is 12.5. The Balaban J connectivity index is 1.50. The SMILES string of the molecule is Cc1nsc(C#Cc2ccc3cc(CC=O)ccc3c2)c1NC(=O)O[C@H](C)c1ccccc1. The molecule has 0 saturated carbocycles. The van der Waals surface area contributed by atoms with Gasteiger partial charge in [0.1, 0.15) is 17.3 Å². The highest BCUT2D eigenvalue weighted by Gasteiger charge is 2.16. The second kappa shape index (κ2) is 10.1. The van der Waals surface area contributed by atoms with Crippen molar-refractivity contribution < 1.29 is 14.3 Å². The van der Waals surface area contributed by atoms with Crippen molar-refractivity contribution in [3.8, 4) is 11.8 Å². The van der Waals surface area contributed by atoms with Crippen LogP contribution in [0.4, 0.5) is 10.5 Å². The minimum absolute atomic E-state index is 0.378. The number of amides is 1. The summed E-state index contributed by atoms with van der Waals surface area (Å²) in [5.41, 5.74) is 4.01. The predicted octanol–water partition coefficient (Wildman–Crippen LogP) is 6.06. The van der Waals surface area contributed by atoms with Gasteiger partial charge in [-0.05, 0) is 65.3 Å². The number of benzene rings is 3. The zero-order valence-corrected chi connectivity index (χ0v) is 19.1. The van der Waals surface area contributed by atoms with Gasteiger partial charge in [0, 0.05) is 12.0 Å². The Hall–Kier alpha value is -3.95. The highest BCUT2D eigenvalue weighted by atomic mass is 32.1. The summed E-state index contributed by atoms with van der Waals surface area (Å²) in [6.45, 7) is 3.65. The largest absolute Gasteiger partial charge is 0.441 e. The van der Waals surface area contributed by atoms with Gasteiger partial charge in [0.15, 0.2) is 0 Å². The minimum Gasteiger partial charge on any atom is -0.441 e. The fraction of sp³-hybridized carbons (Fsp3) is 0.148.